The van der Waals surface area contributed by atoms with Crippen LogP contribution >= 0.6 is 11.3 Å². The lowest BCUT2D eigenvalue weighted by Gasteiger charge is -2.32. The van der Waals surface area contributed by atoms with E-state index in [0.717, 1.165) is 29.4 Å². The van der Waals surface area contributed by atoms with Crippen LogP contribution < -0.4 is 5.32 Å². The summed E-state index contributed by atoms with van der Waals surface area (Å²) in [6.45, 7) is 5.23. The molecule has 24 heavy (non-hydrogen) atoms. The van der Waals surface area contributed by atoms with Crippen LogP contribution in [-0.4, -0.2) is 41.5 Å². The second-order valence-corrected chi connectivity index (χ2v) is 7.29. The van der Waals surface area contributed by atoms with E-state index in [9.17, 15) is 4.79 Å². The molecule has 0 bridgehead atoms. The third-order valence-electron chi connectivity index (χ3n) is 4.52. The molecule has 1 aromatic carbocycles. The average Bonchev–Trinajstić information content (AvgIpc) is 3.09. The zero-order valence-electron chi connectivity index (χ0n) is 14.2. The number of benzene rings is 1. The lowest BCUT2D eigenvalue weighted by molar-refractivity contribution is -0.120. The molecule has 0 aliphatic carbocycles. The maximum Gasteiger partial charge on any atom is 0.226 e. The Bertz CT molecular complexity index is 650. The Morgan fingerprint density at radius 1 is 1.25 bits per heavy atom. The molecule has 0 spiro atoms. The van der Waals surface area contributed by atoms with Gasteiger partial charge in [-0.1, -0.05) is 36.8 Å². The second-order valence-electron chi connectivity index (χ2n) is 6.44. The molecule has 1 fully saturated rings. The molecular weight excluding hydrogens is 318 g/mol. The molecule has 1 aromatic heterocycles. The lowest BCUT2D eigenvalue weighted by Crippen LogP contribution is -2.44. The SMILES string of the molecule is CC(CNC(=O)Cc1csc(-c2ccccc2)n1)N1CCCCC1. The third-order valence-corrected chi connectivity index (χ3v) is 5.46. The number of hydrogen-bond donors (Lipinski definition) is 1. The molecule has 1 saturated heterocycles. The summed E-state index contributed by atoms with van der Waals surface area (Å²) in [5.74, 6) is 0.0590. The van der Waals surface area contributed by atoms with Crippen LogP contribution in [0.3, 0.4) is 0 Å². The van der Waals surface area contributed by atoms with Crippen molar-refractivity contribution in [2.45, 2.75) is 38.6 Å². The molecule has 1 atom stereocenters. The predicted octanol–water partition coefficient (Wildman–Crippen LogP) is 3.34. The number of carbonyl (C=O) groups excluding carboxylic acids is 1. The maximum absolute atomic E-state index is 12.2. The van der Waals surface area contributed by atoms with Crippen LogP contribution in [0.15, 0.2) is 35.7 Å². The summed E-state index contributed by atoms with van der Waals surface area (Å²) >= 11 is 1.59. The van der Waals surface area contributed by atoms with E-state index < -0.39 is 0 Å². The van der Waals surface area contributed by atoms with Gasteiger partial charge in [0.15, 0.2) is 0 Å². The minimum Gasteiger partial charge on any atom is -0.354 e. The molecule has 0 saturated carbocycles. The van der Waals surface area contributed by atoms with Gasteiger partial charge < -0.3 is 5.32 Å². The third kappa shape index (κ3) is 4.65. The van der Waals surface area contributed by atoms with Crippen molar-refractivity contribution in [3.05, 3.63) is 41.4 Å². The fraction of sp³-hybridized carbons (Fsp3) is 0.474. The fourth-order valence-electron chi connectivity index (χ4n) is 3.08. The maximum atomic E-state index is 12.2. The first-order chi connectivity index (χ1) is 11.7. The highest BCUT2D eigenvalue weighted by Gasteiger charge is 2.17. The van der Waals surface area contributed by atoms with Crippen LogP contribution in [0, 0.1) is 0 Å². The summed E-state index contributed by atoms with van der Waals surface area (Å²) in [6, 6.07) is 10.5. The minimum atomic E-state index is 0.0590. The van der Waals surface area contributed by atoms with Gasteiger partial charge in [-0.05, 0) is 32.9 Å². The smallest absolute Gasteiger partial charge is 0.226 e. The zero-order valence-corrected chi connectivity index (χ0v) is 15.0. The Hall–Kier alpha value is -1.72. The first-order valence-corrected chi connectivity index (χ1v) is 9.61. The molecule has 1 aliphatic rings. The number of carbonyl (C=O) groups is 1. The van der Waals surface area contributed by atoms with Crippen molar-refractivity contribution in [2.24, 2.45) is 0 Å². The highest BCUT2D eigenvalue weighted by Crippen LogP contribution is 2.23. The summed E-state index contributed by atoms with van der Waals surface area (Å²) in [4.78, 5) is 19.2. The van der Waals surface area contributed by atoms with E-state index in [-0.39, 0.29) is 5.91 Å². The molecule has 1 amide bonds. The van der Waals surface area contributed by atoms with Gasteiger partial charge in [-0.15, -0.1) is 11.3 Å². The number of hydrogen-bond acceptors (Lipinski definition) is 4. The molecule has 1 unspecified atom stereocenters. The van der Waals surface area contributed by atoms with Crippen molar-refractivity contribution in [1.29, 1.82) is 0 Å². The molecule has 4 nitrogen and oxygen atoms in total. The van der Waals surface area contributed by atoms with E-state index >= 15 is 0 Å². The Kier molecular flexibility index (Phi) is 5.99. The monoisotopic (exact) mass is 343 g/mol. The largest absolute Gasteiger partial charge is 0.354 e. The summed E-state index contributed by atoms with van der Waals surface area (Å²) in [7, 11) is 0. The number of amides is 1. The van der Waals surface area contributed by atoms with Crippen LogP contribution in [0.1, 0.15) is 31.9 Å². The average molecular weight is 343 g/mol. The number of nitrogens with zero attached hydrogens (tertiary/aromatic N) is 2. The van der Waals surface area contributed by atoms with E-state index in [2.05, 4.69) is 22.1 Å². The van der Waals surface area contributed by atoms with Gasteiger partial charge in [-0.2, -0.15) is 0 Å². The highest BCUT2D eigenvalue weighted by molar-refractivity contribution is 7.13. The first kappa shape index (κ1) is 17.1. The van der Waals surface area contributed by atoms with Gasteiger partial charge in [0.05, 0.1) is 12.1 Å². The van der Waals surface area contributed by atoms with Crippen molar-refractivity contribution < 1.29 is 4.79 Å². The highest BCUT2D eigenvalue weighted by atomic mass is 32.1. The Balaban J connectivity index is 1.47. The number of thiazole rings is 1. The fourth-order valence-corrected chi connectivity index (χ4v) is 3.90. The Labute approximate surface area is 147 Å². The lowest BCUT2D eigenvalue weighted by atomic mass is 10.1. The van der Waals surface area contributed by atoms with Crippen molar-refractivity contribution in [1.82, 2.24) is 15.2 Å². The number of piperidine rings is 1. The Morgan fingerprint density at radius 3 is 2.75 bits per heavy atom. The number of nitrogens with one attached hydrogen (secondary N) is 1. The molecule has 5 heteroatoms. The summed E-state index contributed by atoms with van der Waals surface area (Å²) in [5.41, 5.74) is 1.95. The van der Waals surface area contributed by atoms with Crippen LogP contribution in [0.5, 0.6) is 0 Å². The van der Waals surface area contributed by atoms with Crippen molar-refractivity contribution in [3.63, 3.8) is 0 Å². The molecule has 1 aliphatic heterocycles. The van der Waals surface area contributed by atoms with E-state index in [4.69, 9.17) is 0 Å². The van der Waals surface area contributed by atoms with E-state index in [1.54, 1.807) is 11.3 Å². The molecule has 128 valence electrons. The first-order valence-electron chi connectivity index (χ1n) is 8.73. The van der Waals surface area contributed by atoms with Crippen molar-refractivity contribution >= 4 is 17.2 Å². The van der Waals surface area contributed by atoms with E-state index in [0.29, 0.717) is 19.0 Å². The summed E-state index contributed by atoms with van der Waals surface area (Å²) in [5, 5.41) is 6.02. The van der Waals surface area contributed by atoms with Gasteiger partial charge in [-0.25, -0.2) is 4.98 Å². The van der Waals surface area contributed by atoms with Gasteiger partial charge >= 0.3 is 0 Å². The van der Waals surface area contributed by atoms with Crippen molar-refractivity contribution in [3.8, 4) is 10.6 Å². The van der Waals surface area contributed by atoms with Gasteiger partial charge in [0.1, 0.15) is 5.01 Å². The van der Waals surface area contributed by atoms with Crippen LogP contribution in [0.4, 0.5) is 0 Å². The van der Waals surface area contributed by atoms with Crippen LogP contribution in [-0.2, 0) is 11.2 Å². The second kappa shape index (κ2) is 8.40. The molecule has 0 radical (unpaired) electrons. The molecule has 1 N–H and O–H groups in total. The van der Waals surface area contributed by atoms with Gasteiger partial charge in [0.25, 0.3) is 0 Å². The van der Waals surface area contributed by atoms with Gasteiger partial charge in [0, 0.05) is 23.5 Å². The zero-order chi connectivity index (χ0) is 16.8. The topological polar surface area (TPSA) is 45.2 Å². The normalized spacial score (nSPS) is 16.7. The number of rotatable bonds is 6. The summed E-state index contributed by atoms with van der Waals surface area (Å²) < 4.78 is 0. The minimum absolute atomic E-state index is 0.0590. The number of likely N-dealkylation sites (tertiary alicyclic amines) is 1. The van der Waals surface area contributed by atoms with E-state index in [1.807, 2.05) is 35.7 Å². The van der Waals surface area contributed by atoms with Gasteiger partial charge in [0.2, 0.25) is 5.91 Å². The Morgan fingerprint density at radius 2 is 2.00 bits per heavy atom. The molecule has 2 aromatic rings. The van der Waals surface area contributed by atoms with Gasteiger partial charge in [-0.3, -0.25) is 9.69 Å². The quantitative estimate of drug-likeness (QED) is 0.875. The van der Waals surface area contributed by atoms with Crippen LogP contribution in [0.2, 0.25) is 0 Å². The number of aromatic nitrogens is 1. The van der Waals surface area contributed by atoms with E-state index in [1.165, 1.54) is 19.3 Å². The molecule has 2 heterocycles. The molecule has 3 rings (SSSR count). The van der Waals surface area contributed by atoms with Crippen molar-refractivity contribution in [2.75, 3.05) is 19.6 Å². The standard InChI is InChI=1S/C19H25N3OS/c1-15(22-10-6-3-7-11-22)13-20-18(23)12-17-14-24-19(21-17)16-8-4-2-5-9-16/h2,4-5,8-9,14-15H,3,6-7,10-13H2,1H3,(H,20,23). The summed E-state index contributed by atoms with van der Waals surface area (Å²) in [6.07, 6.45) is 4.25. The predicted molar refractivity (Wildman–Crippen MR) is 99.1 cm³/mol. The van der Waals surface area contributed by atoms with Crippen LogP contribution in [0.25, 0.3) is 10.6 Å². The molecular formula is C19H25N3OS.